The van der Waals surface area contributed by atoms with Gasteiger partial charge in [-0.3, -0.25) is 0 Å². The number of rotatable bonds is 3. The van der Waals surface area contributed by atoms with Gasteiger partial charge < -0.3 is 15.4 Å². The van der Waals surface area contributed by atoms with E-state index in [2.05, 4.69) is 15.1 Å². The van der Waals surface area contributed by atoms with Gasteiger partial charge >= 0.3 is 0 Å². The number of nitrogen functional groups attached to an aromatic ring is 1. The Labute approximate surface area is 118 Å². The van der Waals surface area contributed by atoms with Gasteiger partial charge in [0.15, 0.2) is 5.82 Å². The van der Waals surface area contributed by atoms with E-state index < -0.39 is 0 Å². The van der Waals surface area contributed by atoms with Gasteiger partial charge in [0.1, 0.15) is 5.75 Å². The average molecular weight is 288 g/mol. The molecule has 0 bridgehead atoms. The Morgan fingerprint density at radius 1 is 1.35 bits per heavy atom. The number of hydrogen-bond acceptors (Lipinski definition) is 7. The van der Waals surface area contributed by atoms with E-state index in [0.29, 0.717) is 23.5 Å². The number of aryl methyl sites for hydroxylation is 1. The topological polar surface area (TPSA) is 98.1 Å². The summed E-state index contributed by atoms with van der Waals surface area (Å²) in [5, 5.41) is 16.7. The van der Waals surface area contributed by atoms with E-state index in [0.717, 1.165) is 10.7 Å². The summed E-state index contributed by atoms with van der Waals surface area (Å²) in [5.74, 6) is 0.815. The zero-order chi connectivity index (χ0) is 14.1. The largest absolute Gasteiger partial charge is 0.507 e. The van der Waals surface area contributed by atoms with Crippen LogP contribution in [0.15, 0.2) is 28.1 Å². The number of nitrogens with two attached hydrogens (primary N) is 1. The van der Waals surface area contributed by atoms with Crippen LogP contribution in [-0.2, 0) is 6.42 Å². The summed E-state index contributed by atoms with van der Waals surface area (Å²) in [6.45, 7) is 1.95. The Balaban J connectivity index is 1.86. The van der Waals surface area contributed by atoms with Gasteiger partial charge in [-0.2, -0.15) is 4.98 Å². The molecule has 0 fully saturated rings. The van der Waals surface area contributed by atoms with Crippen LogP contribution in [0.1, 0.15) is 16.5 Å². The van der Waals surface area contributed by atoms with Crippen molar-refractivity contribution in [2.45, 2.75) is 13.3 Å². The van der Waals surface area contributed by atoms with E-state index in [1.807, 2.05) is 12.3 Å². The number of nitrogens with zero attached hydrogens (tertiary/aromatic N) is 3. The Bertz CT molecular complexity index is 750. The van der Waals surface area contributed by atoms with Crippen LogP contribution in [0.25, 0.3) is 11.5 Å². The highest BCUT2D eigenvalue weighted by atomic mass is 32.1. The van der Waals surface area contributed by atoms with Gasteiger partial charge in [0.25, 0.3) is 5.89 Å². The lowest BCUT2D eigenvalue weighted by atomic mass is 10.2. The first-order valence-corrected chi connectivity index (χ1v) is 6.82. The molecule has 102 valence electrons. The van der Waals surface area contributed by atoms with Crippen LogP contribution in [0.5, 0.6) is 5.75 Å². The van der Waals surface area contributed by atoms with E-state index in [1.54, 1.807) is 23.5 Å². The van der Waals surface area contributed by atoms with Crippen molar-refractivity contribution in [1.29, 1.82) is 0 Å². The molecular weight excluding hydrogens is 276 g/mol. The van der Waals surface area contributed by atoms with Crippen molar-refractivity contribution >= 4 is 17.0 Å². The fourth-order valence-corrected chi connectivity index (χ4v) is 2.43. The van der Waals surface area contributed by atoms with Crippen molar-refractivity contribution in [2.75, 3.05) is 5.73 Å². The summed E-state index contributed by atoms with van der Waals surface area (Å²) < 4.78 is 5.16. The zero-order valence-corrected chi connectivity index (χ0v) is 11.5. The van der Waals surface area contributed by atoms with Gasteiger partial charge in [-0.05, 0) is 19.1 Å². The van der Waals surface area contributed by atoms with Gasteiger partial charge in [0, 0.05) is 17.1 Å². The number of aromatic hydroxyl groups is 1. The minimum Gasteiger partial charge on any atom is -0.507 e. The van der Waals surface area contributed by atoms with Gasteiger partial charge in [0.05, 0.1) is 22.7 Å². The molecule has 0 radical (unpaired) electrons. The lowest BCUT2D eigenvalue weighted by molar-refractivity contribution is 0.418. The second kappa shape index (κ2) is 4.93. The molecule has 0 unspecified atom stereocenters. The second-order valence-corrected chi connectivity index (χ2v) is 5.39. The molecule has 2 heterocycles. The third-order valence-electron chi connectivity index (χ3n) is 2.73. The third kappa shape index (κ3) is 2.48. The highest BCUT2D eigenvalue weighted by Gasteiger charge is 2.14. The summed E-state index contributed by atoms with van der Waals surface area (Å²) in [5.41, 5.74) is 7.43. The molecular formula is C13H12N4O2S. The summed E-state index contributed by atoms with van der Waals surface area (Å²) >= 11 is 1.58. The highest BCUT2D eigenvalue weighted by molar-refractivity contribution is 7.09. The maximum atomic E-state index is 9.83. The quantitative estimate of drug-likeness (QED) is 0.718. The van der Waals surface area contributed by atoms with Gasteiger partial charge in [0.2, 0.25) is 0 Å². The summed E-state index contributed by atoms with van der Waals surface area (Å²) in [6.07, 6.45) is 0.504. The summed E-state index contributed by atoms with van der Waals surface area (Å²) in [6, 6.07) is 4.76. The zero-order valence-electron chi connectivity index (χ0n) is 10.7. The van der Waals surface area contributed by atoms with E-state index >= 15 is 0 Å². The molecule has 0 aliphatic carbocycles. The molecule has 2 aromatic heterocycles. The highest BCUT2D eigenvalue weighted by Crippen LogP contribution is 2.29. The fourth-order valence-electron chi connectivity index (χ4n) is 1.82. The van der Waals surface area contributed by atoms with Crippen LogP contribution in [0.3, 0.4) is 0 Å². The van der Waals surface area contributed by atoms with Crippen LogP contribution in [0.4, 0.5) is 5.69 Å². The van der Waals surface area contributed by atoms with Crippen molar-refractivity contribution in [3.63, 3.8) is 0 Å². The van der Waals surface area contributed by atoms with Crippen molar-refractivity contribution in [2.24, 2.45) is 0 Å². The van der Waals surface area contributed by atoms with Crippen LogP contribution in [0.2, 0.25) is 0 Å². The number of hydrogen-bond donors (Lipinski definition) is 2. The molecule has 0 aliphatic heterocycles. The molecule has 3 rings (SSSR count). The van der Waals surface area contributed by atoms with Gasteiger partial charge in [-0.25, -0.2) is 4.98 Å². The number of phenols is 1. The Kier molecular flexibility index (Phi) is 3.11. The molecule has 0 atom stereocenters. The van der Waals surface area contributed by atoms with Crippen LogP contribution >= 0.6 is 11.3 Å². The van der Waals surface area contributed by atoms with Crippen LogP contribution in [-0.4, -0.2) is 20.2 Å². The number of aromatic nitrogens is 3. The number of benzene rings is 1. The van der Waals surface area contributed by atoms with Crippen LogP contribution in [0, 0.1) is 6.92 Å². The predicted molar refractivity (Wildman–Crippen MR) is 75.5 cm³/mol. The fraction of sp³-hybridized carbons (Fsp3) is 0.154. The Morgan fingerprint density at radius 2 is 2.20 bits per heavy atom. The second-order valence-electron chi connectivity index (χ2n) is 4.33. The summed E-state index contributed by atoms with van der Waals surface area (Å²) in [4.78, 5) is 8.61. The molecule has 3 aromatic rings. The average Bonchev–Trinajstić information content (AvgIpc) is 2.99. The number of anilines is 1. The first-order chi connectivity index (χ1) is 9.61. The third-order valence-corrected chi connectivity index (χ3v) is 3.55. The SMILES string of the molecule is Cc1nc(Cc2noc(-c3ccc(N)cc3O)n2)cs1. The van der Waals surface area contributed by atoms with E-state index in [4.69, 9.17) is 10.3 Å². The number of phenolic OH excluding ortho intramolecular Hbond substituents is 1. The first kappa shape index (κ1) is 12.6. The Hall–Kier alpha value is -2.41. The molecule has 0 amide bonds. The van der Waals surface area contributed by atoms with E-state index in [9.17, 15) is 5.11 Å². The molecule has 20 heavy (non-hydrogen) atoms. The predicted octanol–water partition coefficient (Wildman–Crippen LogP) is 2.38. The van der Waals surface area contributed by atoms with E-state index in [-0.39, 0.29) is 11.6 Å². The maximum absolute atomic E-state index is 9.83. The lowest BCUT2D eigenvalue weighted by Gasteiger charge is -1.99. The van der Waals surface area contributed by atoms with Crippen molar-refractivity contribution < 1.29 is 9.63 Å². The summed E-state index contributed by atoms with van der Waals surface area (Å²) in [7, 11) is 0. The number of thiazole rings is 1. The smallest absolute Gasteiger partial charge is 0.261 e. The molecule has 0 saturated carbocycles. The van der Waals surface area contributed by atoms with Crippen molar-refractivity contribution in [3.8, 4) is 17.2 Å². The molecule has 1 aromatic carbocycles. The molecule has 7 heteroatoms. The monoisotopic (exact) mass is 288 g/mol. The van der Waals surface area contributed by atoms with Gasteiger partial charge in [-0.1, -0.05) is 5.16 Å². The standard InChI is InChI=1S/C13H12N4O2S/c1-7-15-9(6-20-7)5-12-16-13(19-17-12)10-3-2-8(14)4-11(10)18/h2-4,6,18H,5,14H2,1H3. The lowest BCUT2D eigenvalue weighted by Crippen LogP contribution is -1.91. The molecule has 0 aliphatic rings. The molecule has 6 nitrogen and oxygen atoms in total. The normalized spacial score (nSPS) is 10.8. The van der Waals surface area contributed by atoms with Crippen molar-refractivity contribution in [3.05, 3.63) is 40.1 Å². The minimum absolute atomic E-state index is 0.0182. The molecule has 0 saturated heterocycles. The van der Waals surface area contributed by atoms with Gasteiger partial charge in [-0.15, -0.1) is 11.3 Å². The Morgan fingerprint density at radius 3 is 2.90 bits per heavy atom. The first-order valence-electron chi connectivity index (χ1n) is 5.94. The van der Waals surface area contributed by atoms with Crippen LogP contribution < -0.4 is 5.73 Å². The molecule has 0 spiro atoms. The minimum atomic E-state index is 0.0182. The van der Waals surface area contributed by atoms with Crippen molar-refractivity contribution in [1.82, 2.24) is 15.1 Å². The van der Waals surface area contributed by atoms with E-state index in [1.165, 1.54) is 6.07 Å². The maximum Gasteiger partial charge on any atom is 0.261 e. The molecule has 3 N–H and O–H groups in total.